The molecule has 3 rings (SSSR count). The van der Waals surface area contributed by atoms with E-state index in [0.29, 0.717) is 12.4 Å². The molecule has 3 N–H and O–H groups in total. The number of para-hydroxylation sites is 1. The second-order valence-electron chi connectivity index (χ2n) is 5.28. The molecule has 0 saturated carbocycles. The zero-order chi connectivity index (χ0) is 16.2. The van der Waals surface area contributed by atoms with Crippen molar-refractivity contribution in [2.45, 2.75) is 20.4 Å². The first-order valence-corrected chi connectivity index (χ1v) is 7.36. The Morgan fingerprint density at radius 2 is 2.04 bits per heavy atom. The fraction of sp³-hybridized carbons (Fsp3) is 0.250. The molecule has 0 unspecified atom stereocenters. The fourth-order valence-corrected chi connectivity index (χ4v) is 2.39. The Morgan fingerprint density at radius 3 is 2.83 bits per heavy atom. The Balaban J connectivity index is 1.60. The van der Waals surface area contributed by atoms with Crippen molar-refractivity contribution in [2.24, 2.45) is 0 Å². The number of aryl methyl sites for hydroxylation is 2. The number of fused-ring (bicyclic) bond motifs is 1. The maximum Gasteiger partial charge on any atom is 0.239 e. The zero-order valence-corrected chi connectivity index (χ0v) is 13.1. The number of aromatic nitrogens is 4. The molecule has 7 nitrogen and oxygen atoms in total. The van der Waals surface area contributed by atoms with Gasteiger partial charge in [-0.2, -0.15) is 5.10 Å². The summed E-state index contributed by atoms with van der Waals surface area (Å²) < 4.78 is 0. The topological polar surface area (TPSA) is 95.6 Å². The van der Waals surface area contributed by atoms with Crippen LogP contribution in [0.4, 0.5) is 5.82 Å². The number of amides is 1. The number of nitrogens with zero attached hydrogens (tertiary/aromatic N) is 3. The van der Waals surface area contributed by atoms with E-state index in [0.717, 1.165) is 27.9 Å². The Hall–Kier alpha value is -2.96. The number of benzene rings is 1. The van der Waals surface area contributed by atoms with Crippen LogP contribution in [0.25, 0.3) is 10.9 Å². The SMILES string of the molecule is Cc1n[nH]c(C)c1CNC(=O)CNc1ncnc2ccccc12. The van der Waals surface area contributed by atoms with Crippen LogP contribution in [-0.2, 0) is 11.3 Å². The van der Waals surface area contributed by atoms with Gasteiger partial charge >= 0.3 is 0 Å². The number of nitrogens with one attached hydrogen (secondary N) is 3. The van der Waals surface area contributed by atoms with Crippen LogP contribution in [-0.4, -0.2) is 32.6 Å². The van der Waals surface area contributed by atoms with E-state index in [4.69, 9.17) is 0 Å². The first-order chi connectivity index (χ1) is 11.1. The van der Waals surface area contributed by atoms with Crippen LogP contribution in [0.2, 0.25) is 0 Å². The highest BCUT2D eigenvalue weighted by Gasteiger charge is 2.09. The summed E-state index contributed by atoms with van der Waals surface area (Å²) in [6.07, 6.45) is 1.49. The molecule has 0 bridgehead atoms. The van der Waals surface area contributed by atoms with Crippen LogP contribution in [0.15, 0.2) is 30.6 Å². The average Bonchev–Trinajstić information content (AvgIpc) is 2.89. The fourth-order valence-electron chi connectivity index (χ4n) is 2.39. The summed E-state index contributed by atoms with van der Waals surface area (Å²) in [7, 11) is 0. The van der Waals surface area contributed by atoms with Gasteiger partial charge in [-0.1, -0.05) is 12.1 Å². The molecule has 7 heteroatoms. The summed E-state index contributed by atoms with van der Waals surface area (Å²) in [5, 5.41) is 13.9. The lowest BCUT2D eigenvalue weighted by molar-refractivity contribution is -0.119. The van der Waals surface area contributed by atoms with E-state index < -0.39 is 0 Å². The second kappa shape index (κ2) is 6.43. The third kappa shape index (κ3) is 3.28. The predicted octanol–water partition coefficient (Wildman–Crippen LogP) is 1.70. The monoisotopic (exact) mass is 310 g/mol. The highest BCUT2D eigenvalue weighted by atomic mass is 16.1. The predicted molar refractivity (Wildman–Crippen MR) is 87.9 cm³/mol. The number of aromatic amines is 1. The molecule has 0 atom stereocenters. The largest absolute Gasteiger partial charge is 0.360 e. The minimum atomic E-state index is -0.104. The Kier molecular flexibility index (Phi) is 4.18. The van der Waals surface area contributed by atoms with Crippen molar-refractivity contribution in [2.75, 3.05) is 11.9 Å². The molecule has 0 fully saturated rings. The van der Waals surface area contributed by atoms with Crippen molar-refractivity contribution in [3.63, 3.8) is 0 Å². The van der Waals surface area contributed by atoms with Crippen molar-refractivity contribution in [1.29, 1.82) is 0 Å². The number of anilines is 1. The molecule has 23 heavy (non-hydrogen) atoms. The molecule has 2 aromatic heterocycles. The highest BCUT2D eigenvalue weighted by Crippen LogP contribution is 2.17. The first kappa shape index (κ1) is 15.0. The lowest BCUT2D eigenvalue weighted by atomic mass is 10.2. The summed E-state index contributed by atoms with van der Waals surface area (Å²) in [4.78, 5) is 20.4. The van der Waals surface area contributed by atoms with Crippen molar-refractivity contribution in [1.82, 2.24) is 25.5 Å². The van der Waals surface area contributed by atoms with Gasteiger partial charge in [0.15, 0.2) is 0 Å². The van der Waals surface area contributed by atoms with Crippen LogP contribution in [0.3, 0.4) is 0 Å². The van der Waals surface area contributed by atoms with Crippen LogP contribution >= 0.6 is 0 Å². The molecule has 2 heterocycles. The number of carbonyl (C=O) groups is 1. The lowest BCUT2D eigenvalue weighted by Crippen LogP contribution is -2.30. The molecule has 1 amide bonds. The molecule has 118 valence electrons. The van der Waals surface area contributed by atoms with Gasteiger partial charge in [-0.3, -0.25) is 9.89 Å². The average molecular weight is 310 g/mol. The quantitative estimate of drug-likeness (QED) is 0.666. The van der Waals surface area contributed by atoms with Gasteiger partial charge in [-0.25, -0.2) is 9.97 Å². The maximum atomic E-state index is 12.0. The first-order valence-electron chi connectivity index (χ1n) is 7.36. The summed E-state index contributed by atoms with van der Waals surface area (Å²) in [5.41, 5.74) is 3.73. The van der Waals surface area contributed by atoms with E-state index in [2.05, 4.69) is 30.8 Å². The molecule has 0 aliphatic carbocycles. The molecular weight excluding hydrogens is 292 g/mol. The maximum absolute atomic E-state index is 12.0. The van der Waals surface area contributed by atoms with Gasteiger partial charge in [0, 0.05) is 23.2 Å². The minimum absolute atomic E-state index is 0.104. The van der Waals surface area contributed by atoms with E-state index in [1.807, 2.05) is 38.1 Å². The summed E-state index contributed by atoms with van der Waals surface area (Å²) in [6, 6.07) is 7.67. The summed E-state index contributed by atoms with van der Waals surface area (Å²) in [5.74, 6) is 0.550. The van der Waals surface area contributed by atoms with Crippen LogP contribution in [0, 0.1) is 13.8 Å². The van der Waals surface area contributed by atoms with Gasteiger partial charge in [0.05, 0.1) is 17.8 Å². The molecule has 0 aliphatic heterocycles. The van der Waals surface area contributed by atoms with Gasteiger partial charge in [-0.05, 0) is 26.0 Å². The van der Waals surface area contributed by atoms with Gasteiger partial charge < -0.3 is 10.6 Å². The number of rotatable bonds is 5. The summed E-state index contributed by atoms with van der Waals surface area (Å²) >= 11 is 0. The molecule has 0 radical (unpaired) electrons. The number of hydrogen-bond acceptors (Lipinski definition) is 5. The van der Waals surface area contributed by atoms with E-state index in [1.165, 1.54) is 6.33 Å². The van der Waals surface area contributed by atoms with Crippen LogP contribution < -0.4 is 10.6 Å². The van der Waals surface area contributed by atoms with Crippen molar-refractivity contribution < 1.29 is 4.79 Å². The van der Waals surface area contributed by atoms with E-state index in [-0.39, 0.29) is 12.5 Å². The smallest absolute Gasteiger partial charge is 0.239 e. The molecule has 0 saturated heterocycles. The Bertz CT molecular complexity index is 817. The second-order valence-corrected chi connectivity index (χ2v) is 5.28. The number of hydrogen-bond donors (Lipinski definition) is 3. The molecule has 0 spiro atoms. The number of carbonyl (C=O) groups excluding carboxylic acids is 1. The van der Waals surface area contributed by atoms with Gasteiger partial charge in [0.2, 0.25) is 5.91 Å². The standard InChI is InChI=1S/C16H18N6O/c1-10-13(11(2)22-21-10)7-17-15(23)8-18-16-12-5-3-4-6-14(12)19-9-20-16/h3-6,9H,7-8H2,1-2H3,(H,17,23)(H,21,22)(H,18,19,20). The Morgan fingerprint density at radius 1 is 1.22 bits per heavy atom. The van der Waals surface area contributed by atoms with E-state index in [1.54, 1.807) is 0 Å². The third-order valence-electron chi connectivity index (χ3n) is 3.70. The Labute approximate surface area is 133 Å². The highest BCUT2D eigenvalue weighted by molar-refractivity contribution is 5.90. The molecular formula is C16H18N6O. The summed E-state index contributed by atoms with van der Waals surface area (Å²) in [6.45, 7) is 4.46. The van der Waals surface area contributed by atoms with Gasteiger partial charge in [0.25, 0.3) is 0 Å². The molecule has 3 aromatic rings. The normalized spacial score (nSPS) is 10.7. The van der Waals surface area contributed by atoms with Crippen molar-refractivity contribution in [3.8, 4) is 0 Å². The van der Waals surface area contributed by atoms with Gasteiger partial charge in [0.1, 0.15) is 12.1 Å². The van der Waals surface area contributed by atoms with E-state index in [9.17, 15) is 4.79 Å². The van der Waals surface area contributed by atoms with Gasteiger partial charge in [-0.15, -0.1) is 0 Å². The van der Waals surface area contributed by atoms with Crippen molar-refractivity contribution >= 4 is 22.6 Å². The molecule has 1 aromatic carbocycles. The molecule has 0 aliphatic rings. The minimum Gasteiger partial charge on any atom is -0.360 e. The lowest BCUT2D eigenvalue weighted by Gasteiger charge is -2.09. The van der Waals surface area contributed by atoms with E-state index >= 15 is 0 Å². The zero-order valence-electron chi connectivity index (χ0n) is 13.1. The van der Waals surface area contributed by atoms with Crippen LogP contribution in [0.1, 0.15) is 17.0 Å². The third-order valence-corrected chi connectivity index (χ3v) is 3.70. The van der Waals surface area contributed by atoms with Crippen LogP contribution in [0.5, 0.6) is 0 Å². The number of H-pyrrole nitrogens is 1. The van der Waals surface area contributed by atoms with Crippen molar-refractivity contribution in [3.05, 3.63) is 47.5 Å².